The summed E-state index contributed by atoms with van der Waals surface area (Å²) in [6.07, 6.45) is 1.46. The zero-order valence-electron chi connectivity index (χ0n) is 8.07. The Balaban J connectivity index is 1.99. The maximum absolute atomic E-state index is 11.4. The van der Waals surface area contributed by atoms with Crippen LogP contribution in [0.3, 0.4) is 0 Å². The van der Waals surface area contributed by atoms with Gasteiger partial charge in [-0.3, -0.25) is 0 Å². The Morgan fingerprint density at radius 3 is 3.07 bits per heavy atom. The molecule has 0 aromatic heterocycles. The largest absolute Gasteiger partial charge is 0.438 e. The molecular weight excluding hydrogens is 186 g/mol. The molecule has 1 atom stereocenters. The van der Waals surface area contributed by atoms with Crippen LogP contribution < -0.4 is 0 Å². The molecule has 5 heteroatoms. The van der Waals surface area contributed by atoms with Crippen molar-refractivity contribution in [2.75, 3.05) is 32.9 Å². The van der Waals surface area contributed by atoms with E-state index >= 15 is 0 Å². The summed E-state index contributed by atoms with van der Waals surface area (Å²) in [6, 6.07) is 0. The van der Waals surface area contributed by atoms with Gasteiger partial charge in [0.15, 0.2) is 5.60 Å². The maximum Gasteiger partial charge on any atom is 0.410 e. The minimum absolute atomic E-state index is 0.0218. The normalized spacial score (nSPS) is 32.4. The molecule has 0 aromatic carbocycles. The number of ether oxygens (including phenoxy) is 2. The van der Waals surface area contributed by atoms with Crippen molar-refractivity contribution >= 4 is 6.09 Å². The number of carbonyl (C=O) groups excluding carboxylic acids is 1. The molecule has 2 saturated heterocycles. The van der Waals surface area contributed by atoms with Crippen molar-refractivity contribution in [2.24, 2.45) is 0 Å². The molecule has 1 spiro atoms. The van der Waals surface area contributed by atoms with Crippen LogP contribution in [-0.2, 0) is 9.47 Å². The van der Waals surface area contributed by atoms with E-state index in [1.165, 1.54) is 4.90 Å². The van der Waals surface area contributed by atoms with Crippen molar-refractivity contribution in [2.45, 2.75) is 18.4 Å². The average Bonchev–Trinajstić information content (AvgIpc) is 2.45. The van der Waals surface area contributed by atoms with Gasteiger partial charge in [0.2, 0.25) is 0 Å². The van der Waals surface area contributed by atoms with E-state index in [2.05, 4.69) is 0 Å². The Bertz CT molecular complexity index is 225. The first kappa shape index (κ1) is 9.73. The standard InChI is InChI=1S/C9H15NO4/c11-4-3-10-6-9(14-8(10)12)2-1-5-13-7-9/h11H,1-7H2. The predicted octanol–water partition coefficient (Wildman–Crippen LogP) is -0.0199. The summed E-state index contributed by atoms with van der Waals surface area (Å²) in [5, 5.41) is 8.75. The number of nitrogens with zero attached hydrogens (tertiary/aromatic N) is 1. The number of hydrogen-bond acceptors (Lipinski definition) is 4. The van der Waals surface area contributed by atoms with Gasteiger partial charge in [0.1, 0.15) is 0 Å². The number of β-amino-alcohol motifs (C(OH)–C–C–N with tert-alkyl or cyclic N) is 1. The number of aliphatic hydroxyl groups excluding tert-OH is 1. The topological polar surface area (TPSA) is 59.0 Å². The SMILES string of the molecule is O=C1OC2(CCCOC2)CN1CCO. The number of rotatable bonds is 2. The molecule has 0 aromatic rings. The highest BCUT2D eigenvalue weighted by Gasteiger charge is 2.46. The van der Waals surface area contributed by atoms with Crippen LogP contribution in [-0.4, -0.2) is 54.6 Å². The zero-order chi connectivity index (χ0) is 10.0. The molecule has 1 N–H and O–H groups in total. The Labute approximate surface area is 82.6 Å². The summed E-state index contributed by atoms with van der Waals surface area (Å²) >= 11 is 0. The minimum atomic E-state index is -0.440. The first-order valence-corrected chi connectivity index (χ1v) is 4.92. The van der Waals surface area contributed by atoms with Gasteiger partial charge < -0.3 is 19.5 Å². The van der Waals surface area contributed by atoms with E-state index in [1.807, 2.05) is 0 Å². The van der Waals surface area contributed by atoms with Crippen LogP contribution in [0.4, 0.5) is 4.79 Å². The van der Waals surface area contributed by atoms with E-state index in [0.29, 0.717) is 19.7 Å². The Morgan fingerprint density at radius 2 is 2.43 bits per heavy atom. The molecule has 0 aliphatic carbocycles. The van der Waals surface area contributed by atoms with Crippen LogP contribution in [0.2, 0.25) is 0 Å². The van der Waals surface area contributed by atoms with Crippen molar-refractivity contribution in [3.8, 4) is 0 Å². The molecule has 0 bridgehead atoms. The van der Waals surface area contributed by atoms with E-state index in [4.69, 9.17) is 14.6 Å². The number of amides is 1. The predicted molar refractivity (Wildman–Crippen MR) is 47.9 cm³/mol. The fraction of sp³-hybridized carbons (Fsp3) is 0.889. The number of aliphatic hydroxyl groups is 1. The maximum atomic E-state index is 11.4. The molecule has 1 unspecified atom stereocenters. The third-order valence-electron chi connectivity index (χ3n) is 2.70. The van der Waals surface area contributed by atoms with Gasteiger partial charge in [0.05, 0.1) is 19.8 Å². The Morgan fingerprint density at radius 1 is 1.57 bits per heavy atom. The lowest BCUT2D eigenvalue weighted by Gasteiger charge is -2.30. The van der Waals surface area contributed by atoms with Crippen molar-refractivity contribution < 1.29 is 19.4 Å². The molecular formula is C9H15NO4. The van der Waals surface area contributed by atoms with Gasteiger partial charge in [-0.25, -0.2) is 4.79 Å². The number of hydrogen-bond donors (Lipinski definition) is 1. The van der Waals surface area contributed by atoms with Crippen molar-refractivity contribution in [3.63, 3.8) is 0 Å². The summed E-state index contributed by atoms with van der Waals surface area (Å²) in [7, 11) is 0. The van der Waals surface area contributed by atoms with E-state index in [1.54, 1.807) is 0 Å². The molecule has 2 rings (SSSR count). The molecule has 80 valence electrons. The van der Waals surface area contributed by atoms with Crippen LogP contribution in [0.25, 0.3) is 0 Å². The Hall–Kier alpha value is -0.810. The zero-order valence-corrected chi connectivity index (χ0v) is 8.07. The molecule has 0 radical (unpaired) electrons. The monoisotopic (exact) mass is 201 g/mol. The molecule has 5 nitrogen and oxygen atoms in total. The second kappa shape index (κ2) is 3.74. The summed E-state index contributed by atoms with van der Waals surface area (Å²) < 4.78 is 10.6. The molecule has 2 fully saturated rings. The summed E-state index contributed by atoms with van der Waals surface area (Å²) in [5.74, 6) is 0. The van der Waals surface area contributed by atoms with Gasteiger partial charge in [-0.1, -0.05) is 0 Å². The van der Waals surface area contributed by atoms with Crippen molar-refractivity contribution in [3.05, 3.63) is 0 Å². The second-order valence-electron chi connectivity index (χ2n) is 3.85. The van der Waals surface area contributed by atoms with Crippen LogP contribution in [0.1, 0.15) is 12.8 Å². The highest BCUT2D eigenvalue weighted by molar-refractivity contribution is 5.70. The quantitative estimate of drug-likeness (QED) is 0.682. The van der Waals surface area contributed by atoms with Crippen LogP contribution >= 0.6 is 0 Å². The lowest BCUT2D eigenvalue weighted by atomic mass is 9.97. The average molecular weight is 201 g/mol. The van der Waals surface area contributed by atoms with E-state index in [0.717, 1.165) is 19.4 Å². The number of carbonyl (C=O) groups is 1. The van der Waals surface area contributed by atoms with Crippen molar-refractivity contribution in [1.82, 2.24) is 4.90 Å². The molecule has 2 aliphatic heterocycles. The summed E-state index contributed by atoms with van der Waals surface area (Å²) in [4.78, 5) is 12.9. The van der Waals surface area contributed by atoms with E-state index in [-0.39, 0.29) is 12.7 Å². The second-order valence-corrected chi connectivity index (χ2v) is 3.85. The first-order valence-electron chi connectivity index (χ1n) is 4.92. The van der Waals surface area contributed by atoms with E-state index in [9.17, 15) is 4.79 Å². The minimum Gasteiger partial charge on any atom is -0.438 e. The third-order valence-corrected chi connectivity index (χ3v) is 2.70. The van der Waals surface area contributed by atoms with Crippen LogP contribution in [0.5, 0.6) is 0 Å². The van der Waals surface area contributed by atoms with Gasteiger partial charge in [-0.05, 0) is 12.8 Å². The first-order chi connectivity index (χ1) is 6.76. The van der Waals surface area contributed by atoms with Gasteiger partial charge >= 0.3 is 6.09 Å². The molecule has 1 amide bonds. The smallest absolute Gasteiger partial charge is 0.410 e. The van der Waals surface area contributed by atoms with Crippen LogP contribution in [0.15, 0.2) is 0 Å². The van der Waals surface area contributed by atoms with E-state index < -0.39 is 5.60 Å². The van der Waals surface area contributed by atoms with Gasteiger partial charge in [0.25, 0.3) is 0 Å². The molecule has 0 saturated carbocycles. The Kier molecular flexibility index (Phi) is 2.60. The lowest BCUT2D eigenvalue weighted by molar-refractivity contribution is -0.0651. The summed E-state index contributed by atoms with van der Waals surface area (Å²) in [5.41, 5.74) is -0.440. The van der Waals surface area contributed by atoms with Gasteiger partial charge in [-0.2, -0.15) is 0 Å². The third kappa shape index (κ3) is 1.69. The molecule has 14 heavy (non-hydrogen) atoms. The highest BCUT2D eigenvalue weighted by Crippen LogP contribution is 2.30. The van der Waals surface area contributed by atoms with Gasteiger partial charge in [-0.15, -0.1) is 0 Å². The lowest BCUT2D eigenvalue weighted by Crippen LogP contribution is -2.42. The fourth-order valence-electron chi connectivity index (χ4n) is 2.02. The molecule has 2 heterocycles. The van der Waals surface area contributed by atoms with Crippen LogP contribution in [0, 0.1) is 0 Å². The van der Waals surface area contributed by atoms with Crippen molar-refractivity contribution in [1.29, 1.82) is 0 Å². The highest BCUT2D eigenvalue weighted by atomic mass is 16.6. The molecule has 2 aliphatic rings. The fourth-order valence-corrected chi connectivity index (χ4v) is 2.02. The van der Waals surface area contributed by atoms with Gasteiger partial charge in [0, 0.05) is 13.2 Å². The summed E-state index contributed by atoms with van der Waals surface area (Å²) in [6.45, 7) is 2.11.